The molecule has 1 saturated heterocycles. The molecule has 1 aromatic rings. The van der Waals surface area contributed by atoms with Crippen LogP contribution in [0.1, 0.15) is 42.8 Å². The van der Waals surface area contributed by atoms with E-state index in [1.54, 1.807) is 4.90 Å². The van der Waals surface area contributed by atoms with Crippen molar-refractivity contribution in [3.63, 3.8) is 0 Å². The topological polar surface area (TPSA) is 103 Å². The molecule has 0 radical (unpaired) electrons. The summed E-state index contributed by atoms with van der Waals surface area (Å²) in [6, 6.07) is 0. The fourth-order valence-electron chi connectivity index (χ4n) is 3.34. The molecule has 3 heterocycles. The van der Waals surface area contributed by atoms with E-state index >= 15 is 0 Å². The normalized spacial score (nSPS) is 21.8. The third-order valence-electron chi connectivity index (χ3n) is 4.76. The molecule has 1 aromatic heterocycles. The van der Waals surface area contributed by atoms with Crippen molar-refractivity contribution >= 4 is 15.9 Å². The number of fused-ring (bicyclic) bond motifs is 1. The average Bonchev–Trinajstić information content (AvgIpc) is 3.02. The number of amides is 1. The van der Waals surface area contributed by atoms with Crippen LogP contribution in [0.3, 0.4) is 0 Å². The van der Waals surface area contributed by atoms with Gasteiger partial charge in [-0.1, -0.05) is 6.92 Å². The van der Waals surface area contributed by atoms with E-state index in [1.165, 1.54) is 4.31 Å². The third-order valence-corrected chi connectivity index (χ3v) is 6.01. The number of sulfonamides is 1. The molecular weight excluding hydrogens is 332 g/mol. The second-order valence-corrected chi connectivity index (χ2v) is 8.38. The molecule has 2 aliphatic heterocycles. The number of aromatic amines is 1. The number of nitrogens with one attached hydrogen (secondary N) is 1. The summed E-state index contributed by atoms with van der Waals surface area (Å²) in [5.41, 5.74) is 0.909. The second-order valence-electron chi connectivity index (χ2n) is 6.40. The molecule has 0 aromatic carbocycles. The van der Waals surface area contributed by atoms with Crippen molar-refractivity contribution in [3.8, 4) is 0 Å². The Hall–Kier alpha value is -1.74. The first-order valence-electron chi connectivity index (χ1n) is 8.14. The number of hydrogen-bond acceptors (Lipinski definition) is 5. The fraction of sp³-hybridized carbons (Fsp3) is 0.667. The highest BCUT2D eigenvalue weighted by molar-refractivity contribution is 7.88. The number of nitrogens with zero attached hydrogens (tertiary/aromatic N) is 3. The lowest BCUT2D eigenvalue weighted by Gasteiger charge is -2.26. The maximum atomic E-state index is 12.3. The van der Waals surface area contributed by atoms with Gasteiger partial charge in [0.15, 0.2) is 0 Å². The van der Waals surface area contributed by atoms with Gasteiger partial charge in [-0.15, -0.1) is 0 Å². The number of carbonyl (C=O) groups excluding carboxylic acids is 1. The minimum absolute atomic E-state index is 0.00731. The molecule has 0 unspecified atom stereocenters. The Kier molecular flexibility index (Phi) is 4.48. The number of aromatic nitrogens is 2. The van der Waals surface area contributed by atoms with E-state index in [0.29, 0.717) is 49.6 Å². The van der Waals surface area contributed by atoms with Gasteiger partial charge in [-0.2, -0.15) is 4.31 Å². The number of H-pyrrole nitrogens is 1. The van der Waals surface area contributed by atoms with Crippen LogP contribution in [0.5, 0.6) is 0 Å². The molecule has 3 rings (SSSR count). The van der Waals surface area contributed by atoms with Gasteiger partial charge < -0.3 is 9.88 Å². The minimum atomic E-state index is -3.31. The number of hydrogen-bond donors (Lipinski definition) is 1. The van der Waals surface area contributed by atoms with Crippen molar-refractivity contribution in [1.82, 2.24) is 19.2 Å². The smallest absolute Gasteiger partial charge is 0.254 e. The van der Waals surface area contributed by atoms with E-state index in [-0.39, 0.29) is 23.9 Å². The Bertz CT molecular complexity index is 817. The van der Waals surface area contributed by atoms with E-state index in [2.05, 4.69) is 9.97 Å². The molecule has 1 fully saturated rings. The Labute approximate surface area is 140 Å². The molecule has 0 spiro atoms. The minimum Gasteiger partial charge on any atom is -0.342 e. The molecule has 132 valence electrons. The molecule has 0 bridgehead atoms. The van der Waals surface area contributed by atoms with Crippen molar-refractivity contribution in [3.05, 3.63) is 27.4 Å². The molecule has 9 heteroatoms. The van der Waals surface area contributed by atoms with Crippen molar-refractivity contribution in [2.45, 2.75) is 38.6 Å². The van der Waals surface area contributed by atoms with Gasteiger partial charge in [-0.3, -0.25) is 9.59 Å². The zero-order valence-corrected chi connectivity index (χ0v) is 14.7. The lowest BCUT2D eigenvalue weighted by atomic mass is 10.1. The van der Waals surface area contributed by atoms with Gasteiger partial charge in [-0.25, -0.2) is 13.4 Å². The summed E-state index contributed by atoms with van der Waals surface area (Å²) in [4.78, 5) is 33.3. The van der Waals surface area contributed by atoms with Crippen LogP contribution in [-0.2, 0) is 27.8 Å². The lowest BCUT2D eigenvalue weighted by molar-refractivity contribution is -0.129. The molecule has 2 aliphatic rings. The first-order valence-corrected chi connectivity index (χ1v) is 9.99. The highest BCUT2D eigenvalue weighted by atomic mass is 32.2. The van der Waals surface area contributed by atoms with Crippen LogP contribution >= 0.6 is 0 Å². The first-order chi connectivity index (χ1) is 11.3. The Morgan fingerprint density at radius 3 is 2.79 bits per heavy atom. The molecular formula is C15H22N4O4S. The van der Waals surface area contributed by atoms with E-state index in [9.17, 15) is 18.0 Å². The molecule has 1 atom stereocenters. The Morgan fingerprint density at radius 1 is 1.38 bits per heavy atom. The SMILES string of the molecule is CCC(=O)N1CC[C@@H](c2nc3c(c(=O)[nH]2)CCN(S(C)(=O)=O)C3)C1. The number of rotatable bonds is 3. The van der Waals surface area contributed by atoms with Crippen molar-refractivity contribution < 1.29 is 13.2 Å². The highest BCUT2D eigenvalue weighted by Gasteiger charge is 2.31. The Morgan fingerprint density at radius 2 is 2.12 bits per heavy atom. The van der Waals surface area contributed by atoms with Crippen LogP contribution in [0.2, 0.25) is 0 Å². The van der Waals surface area contributed by atoms with Crippen LogP contribution in [0, 0.1) is 0 Å². The van der Waals surface area contributed by atoms with Crippen LogP contribution in [0.4, 0.5) is 0 Å². The summed E-state index contributed by atoms with van der Waals surface area (Å²) < 4.78 is 24.8. The molecule has 1 amide bonds. The lowest BCUT2D eigenvalue weighted by Crippen LogP contribution is -2.39. The average molecular weight is 354 g/mol. The highest BCUT2D eigenvalue weighted by Crippen LogP contribution is 2.26. The Balaban J connectivity index is 1.86. The molecule has 24 heavy (non-hydrogen) atoms. The van der Waals surface area contributed by atoms with E-state index < -0.39 is 10.0 Å². The van der Waals surface area contributed by atoms with E-state index in [4.69, 9.17) is 0 Å². The zero-order chi connectivity index (χ0) is 17.5. The number of likely N-dealkylation sites (tertiary alicyclic amines) is 1. The zero-order valence-electron chi connectivity index (χ0n) is 13.9. The maximum Gasteiger partial charge on any atom is 0.254 e. The van der Waals surface area contributed by atoms with Crippen molar-refractivity contribution in [2.75, 3.05) is 25.9 Å². The largest absolute Gasteiger partial charge is 0.342 e. The predicted molar refractivity (Wildman–Crippen MR) is 88.0 cm³/mol. The van der Waals surface area contributed by atoms with Crippen LogP contribution in [0.25, 0.3) is 0 Å². The van der Waals surface area contributed by atoms with Crippen LogP contribution in [0.15, 0.2) is 4.79 Å². The summed E-state index contributed by atoms with van der Waals surface area (Å²) in [6.07, 6.45) is 2.75. The fourth-order valence-corrected chi connectivity index (χ4v) is 4.12. The molecule has 8 nitrogen and oxygen atoms in total. The van der Waals surface area contributed by atoms with Gasteiger partial charge in [0.25, 0.3) is 5.56 Å². The maximum absolute atomic E-state index is 12.3. The third kappa shape index (κ3) is 3.23. The quantitative estimate of drug-likeness (QED) is 0.810. The van der Waals surface area contributed by atoms with Gasteiger partial charge in [0, 0.05) is 37.5 Å². The monoisotopic (exact) mass is 354 g/mol. The van der Waals surface area contributed by atoms with Gasteiger partial charge in [-0.05, 0) is 12.8 Å². The van der Waals surface area contributed by atoms with E-state index in [0.717, 1.165) is 12.7 Å². The summed E-state index contributed by atoms with van der Waals surface area (Å²) in [5, 5.41) is 0. The standard InChI is InChI=1S/C15H22N4O4S/c1-3-13(20)18-6-4-10(8-18)14-16-12-9-19(24(2,22)23)7-5-11(12)15(21)17-14/h10H,3-9H2,1-2H3,(H,16,17,21)/t10-/m1/s1. The van der Waals surface area contributed by atoms with Gasteiger partial charge in [0.2, 0.25) is 15.9 Å². The summed E-state index contributed by atoms with van der Waals surface area (Å²) in [6.45, 7) is 3.47. The van der Waals surface area contributed by atoms with E-state index in [1.807, 2.05) is 6.92 Å². The summed E-state index contributed by atoms with van der Waals surface area (Å²) in [5.74, 6) is 0.647. The molecule has 1 N–H and O–H groups in total. The molecule has 0 aliphatic carbocycles. The van der Waals surface area contributed by atoms with Crippen LogP contribution < -0.4 is 5.56 Å². The predicted octanol–water partition coefficient (Wildman–Crippen LogP) is -0.186. The number of carbonyl (C=O) groups is 1. The first kappa shape index (κ1) is 17.1. The van der Waals surface area contributed by atoms with Crippen molar-refractivity contribution in [2.24, 2.45) is 0 Å². The summed E-state index contributed by atoms with van der Waals surface area (Å²) in [7, 11) is -3.31. The van der Waals surface area contributed by atoms with Gasteiger partial charge in [0.05, 0.1) is 18.5 Å². The second kappa shape index (κ2) is 6.29. The summed E-state index contributed by atoms with van der Waals surface area (Å²) >= 11 is 0. The van der Waals surface area contributed by atoms with Gasteiger partial charge in [0.1, 0.15) is 5.82 Å². The van der Waals surface area contributed by atoms with Crippen molar-refractivity contribution in [1.29, 1.82) is 0 Å². The van der Waals surface area contributed by atoms with Gasteiger partial charge >= 0.3 is 0 Å². The van der Waals surface area contributed by atoms with Crippen LogP contribution in [-0.4, -0.2) is 59.4 Å². The molecule has 0 saturated carbocycles.